The maximum Gasteiger partial charge on any atom is 0.177 e. The van der Waals surface area contributed by atoms with E-state index < -0.39 is 0 Å². The lowest BCUT2D eigenvalue weighted by Gasteiger charge is -2.22. The zero-order valence-electron chi connectivity index (χ0n) is 9.79. The minimum absolute atomic E-state index is 0.0554. The second kappa shape index (κ2) is 5.67. The number of hydrogen-bond donors (Lipinski definition) is 1. The SMILES string of the molecule is O=C(CBr)c1cc(C2CCCCC2)ccc1O. The van der Waals surface area contributed by atoms with Crippen molar-refractivity contribution < 1.29 is 9.90 Å². The Bertz CT molecular complexity index is 409. The Labute approximate surface area is 110 Å². The third-order valence-corrected chi connectivity index (χ3v) is 4.03. The fourth-order valence-electron chi connectivity index (χ4n) is 2.54. The highest BCUT2D eigenvalue weighted by atomic mass is 79.9. The lowest BCUT2D eigenvalue weighted by atomic mass is 9.83. The lowest BCUT2D eigenvalue weighted by molar-refractivity contribution is 0.102. The van der Waals surface area contributed by atoms with Gasteiger partial charge in [-0.1, -0.05) is 41.3 Å². The van der Waals surface area contributed by atoms with Gasteiger partial charge in [0.05, 0.1) is 10.9 Å². The number of phenolic OH excluding ortho intramolecular Hbond substituents is 1. The molecule has 0 heterocycles. The van der Waals surface area contributed by atoms with E-state index in [4.69, 9.17) is 0 Å². The van der Waals surface area contributed by atoms with Crippen molar-refractivity contribution in [3.05, 3.63) is 29.3 Å². The molecule has 0 bridgehead atoms. The second-order valence-electron chi connectivity index (χ2n) is 4.67. The molecular weight excluding hydrogens is 280 g/mol. The summed E-state index contributed by atoms with van der Waals surface area (Å²) in [6.45, 7) is 0. The number of phenols is 1. The van der Waals surface area contributed by atoms with Crippen molar-refractivity contribution in [2.45, 2.75) is 38.0 Å². The first-order valence-corrected chi connectivity index (χ1v) is 7.26. The van der Waals surface area contributed by atoms with Crippen LogP contribution in [0.2, 0.25) is 0 Å². The van der Waals surface area contributed by atoms with Crippen molar-refractivity contribution in [2.24, 2.45) is 0 Å². The van der Waals surface area contributed by atoms with Crippen molar-refractivity contribution in [3.8, 4) is 5.75 Å². The minimum atomic E-state index is -0.0554. The molecule has 1 N–H and O–H groups in total. The summed E-state index contributed by atoms with van der Waals surface area (Å²) >= 11 is 3.15. The van der Waals surface area contributed by atoms with Crippen LogP contribution < -0.4 is 0 Å². The van der Waals surface area contributed by atoms with E-state index in [2.05, 4.69) is 15.9 Å². The number of rotatable bonds is 3. The molecule has 0 amide bonds. The van der Waals surface area contributed by atoms with E-state index in [1.165, 1.54) is 37.7 Å². The van der Waals surface area contributed by atoms with Gasteiger partial charge in [-0.2, -0.15) is 0 Å². The van der Waals surface area contributed by atoms with E-state index in [0.717, 1.165) is 0 Å². The third-order valence-electron chi connectivity index (χ3n) is 3.52. The summed E-state index contributed by atoms with van der Waals surface area (Å²) in [6, 6.07) is 5.48. The van der Waals surface area contributed by atoms with E-state index >= 15 is 0 Å². The van der Waals surface area contributed by atoms with Gasteiger partial charge in [-0.25, -0.2) is 0 Å². The third kappa shape index (κ3) is 2.89. The van der Waals surface area contributed by atoms with Gasteiger partial charge < -0.3 is 5.11 Å². The molecule has 1 fully saturated rings. The Morgan fingerprint density at radius 2 is 2.00 bits per heavy atom. The number of aromatic hydroxyl groups is 1. The number of Topliss-reactive ketones (excluding diaryl/α,β-unsaturated/α-hetero) is 1. The molecule has 0 atom stereocenters. The van der Waals surface area contributed by atoms with Gasteiger partial charge in [-0.05, 0) is 36.5 Å². The molecule has 17 heavy (non-hydrogen) atoms. The van der Waals surface area contributed by atoms with Gasteiger partial charge in [-0.3, -0.25) is 4.79 Å². The van der Waals surface area contributed by atoms with Crippen LogP contribution in [0.5, 0.6) is 5.75 Å². The van der Waals surface area contributed by atoms with Crippen LogP contribution in [-0.2, 0) is 0 Å². The van der Waals surface area contributed by atoms with Gasteiger partial charge in [0.1, 0.15) is 5.75 Å². The Morgan fingerprint density at radius 3 is 2.65 bits per heavy atom. The maximum atomic E-state index is 11.7. The molecule has 92 valence electrons. The van der Waals surface area contributed by atoms with Crippen LogP contribution in [0.15, 0.2) is 18.2 Å². The van der Waals surface area contributed by atoms with Crippen LogP contribution >= 0.6 is 15.9 Å². The largest absolute Gasteiger partial charge is 0.507 e. The summed E-state index contributed by atoms with van der Waals surface area (Å²) < 4.78 is 0. The molecule has 1 aromatic carbocycles. The monoisotopic (exact) mass is 296 g/mol. The summed E-state index contributed by atoms with van der Waals surface area (Å²) in [6.07, 6.45) is 6.27. The molecule has 0 saturated heterocycles. The first-order valence-electron chi connectivity index (χ1n) is 6.14. The zero-order chi connectivity index (χ0) is 12.3. The van der Waals surface area contributed by atoms with E-state index in [-0.39, 0.29) is 16.9 Å². The van der Waals surface area contributed by atoms with Crippen LogP contribution in [0.4, 0.5) is 0 Å². The van der Waals surface area contributed by atoms with Gasteiger partial charge in [0, 0.05) is 0 Å². The molecule has 0 aromatic heterocycles. The molecule has 0 unspecified atom stereocenters. The van der Waals surface area contributed by atoms with E-state index in [9.17, 15) is 9.90 Å². The van der Waals surface area contributed by atoms with E-state index in [1.54, 1.807) is 6.07 Å². The predicted molar refractivity (Wildman–Crippen MR) is 72.1 cm³/mol. The number of carbonyl (C=O) groups is 1. The van der Waals surface area contributed by atoms with Gasteiger partial charge in [-0.15, -0.1) is 0 Å². The summed E-state index contributed by atoms with van der Waals surface area (Å²) in [5, 5.41) is 9.95. The van der Waals surface area contributed by atoms with E-state index in [0.29, 0.717) is 11.5 Å². The topological polar surface area (TPSA) is 37.3 Å². The number of hydrogen-bond acceptors (Lipinski definition) is 2. The molecule has 0 radical (unpaired) electrons. The van der Waals surface area contributed by atoms with E-state index in [1.807, 2.05) is 12.1 Å². The van der Waals surface area contributed by atoms with Crippen molar-refractivity contribution in [2.75, 3.05) is 5.33 Å². The van der Waals surface area contributed by atoms with Crippen molar-refractivity contribution in [3.63, 3.8) is 0 Å². The molecule has 2 rings (SSSR count). The first kappa shape index (κ1) is 12.6. The summed E-state index contributed by atoms with van der Waals surface area (Å²) in [5.41, 5.74) is 1.65. The smallest absolute Gasteiger partial charge is 0.177 e. The van der Waals surface area contributed by atoms with Crippen LogP contribution in [0, 0.1) is 0 Å². The normalized spacial score (nSPS) is 17.0. The molecule has 0 spiro atoms. The number of halogens is 1. The maximum absolute atomic E-state index is 11.7. The number of ketones is 1. The fourth-order valence-corrected chi connectivity index (χ4v) is 2.84. The highest BCUT2D eigenvalue weighted by molar-refractivity contribution is 9.09. The van der Waals surface area contributed by atoms with Gasteiger partial charge in [0.15, 0.2) is 5.78 Å². The highest BCUT2D eigenvalue weighted by Crippen LogP contribution is 2.34. The van der Waals surface area contributed by atoms with Gasteiger partial charge in [0.25, 0.3) is 0 Å². The fraction of sp³-hybridized carbons (Fsp3) is 0.500. The number of carbonyl (C=O) groups excluding carboxylic acids is 1. The molecule has 1 saturated carbocycles. The lowest BCUT2D eigenvalue weighted by Crippen LogP contribution is -2.07. The Balaban J connectivity index is 2.26. The number of alkyl halides is 1. The van der Waals surface area contributed by atoms with Crippen molar-refractivity contribution in [1.82, 2.24) is 0 Å². The predicted octanol–water partition coefficient (Wildman–Crippen LogP) is 4.02. The zero-order valence-corrected chi connectivity index (χ0v) is 11.4. The van der Waals surface area contributed by atoms with Gasteiger partial charge in [0.2, 0.25) is 0 Å². The molecule has 0 aliphatic heterocycles. The van der Waals surface area contributed by atoms with Crippen molar-refractivity contribution >= 4 is 21.7 Å². The number of benzene rings is 1. The quantitative estimate of drug-likeness (QED) is 0.676. The molecular formula is C14H17BrO2. The molecule has 1 aliphatic carbocycles. The summed E-state index contributed by atoms with van der Waals surface area (Å²) in [7, 11) is 0. The average Bonchev–Trinajstić information content (AvgIpc) is 2.39. The second-order valence-corrected chi connectivity index (χ2v) is 5.23. The minimum Gasteiger partial charge on any atom is -0.507 e. The Morgan fingerprint density at radius 1 is 1.29 bits per heavy atom. The van der Waals surface area contributed by atoms with Crippen molar-refractivity contribution in [1.29, 1.82) is 0 Å². The van der Waals surface area contributed by atoms with Crippen LogP contribution in [0.25, 0.3) is 0 Å². The Kier molecular flexibility index (Phi) is 4.21. The van der Waals surface area contributed by atoms with Crippen LogP contribution in [0.1, 0.15) is 53.9 Å². The first-order chi connectivity index (χ1) is 8.22. The Hall–Kier alpha value is -0.830. The van der Waals surface area contributed by atoms with Crippen LogP contribution in [0.3, 0.4) is 0 Å². The highest BCUT2D eigenvalue weighted by Gasteiger charge is 2.18. The molecule has 3 heteroatoms. The van der Waals surface area contributed by atoms with Gasteiger partial charge >= 0.3 is 0 Å². The molecule has 1 aromatic rings. The summed E-state index contributed by atoms with van der Waals surface area (Å²) in [4.78, 5) is 11.7. The standard InChI is InChI=1S/C14H17BrO2/c15-9-14(17)12-8-11(6-7-13(12)16)10-4-2-1-3-5-10/h6-8,10,16H,1-5,9H2. The molecule has 1 aliphatic rings. The summed E-state index contributed by atoms with van der Waals surface area (Å²) in [5.74, 6) is 0.598. The van der Waals surface area contributed by atoms with Crippen LogP contribution in [-0.4, -0.2) is 16.2 Å². The molecule has 2 nitrogen and oxygen atoms in total. The average molecular weight is 297 g/mol.